The summed E-state index contributed by atoms with van der Waals surface area (Å²) in [4.78, 5) is 24.6. The monoisotopic (exact) mass is 593 g/mol. The smallest absolute Gasteiger partial charge is 0.355 e. The average Bonchev–Trinajstić information content (AvgIpc) is 2.91. The zero-order chi connectivity index (χ0) is 29.0. The van der Waals surface area contributed by atoms with E-state index in [1.807, 2.05) is 32.6 Å². The summed E-state index contributed by atoms with van der Waals surface area (Å²) in [6.45, 7) is 9.46. The van der Waals surface area contributed by atoms with Gasteiger partial charge in [0.1, 0.15) is 21.6 Å². The number of nitrogens with two attached hydrogens (primary N) is 1. The number of nitrogen functional groups attached to an aromatic ring is 1. The third kappa shape index (κ3) is 4.59. The molecule has 1 fully saturated rings. The topological polar surface area (TPSA) is 101 Å². The maximum Gasteiger partial charge on any atom is 0.355 e. The first-order valence-corrected chi connectivity index (χ1v) is 13.5. The summed E-state index contributed by atoms with van der Waals surface area (Å²) in [5.74, 6) is -3.26. The molecule has 4 heterocycles. The van der Waals surface area contributed by atoms with Crippen LogP contribution in [0, 0.1) is 23.4 Å². The number of allylic oxidation sites excluding steroid dienone is 2. The van der Waals surface area contributed by atoms with E-state index in [2.05, 4.69) is 20.6 Å². The van der Waals surface area contributed by atoms with E-state index in [4.69, 9.17) is 28.9 Å². The SMILES string of the molecule is CC1=C(n2c(=O)nc(N3CCN[C@H](C)C3)c3cc(F)c(-c4c(N)c(Cl)c(F)c(Cl)c4F)nc32)C(C(C)C)NC=C1. The second kappa shape index (κ2) is 10.6. The summed E-state index contributed by atoms with van der Waals surface area (Å²) in [7, 11) is 0. The summed E-state index contributed by atoms with van der Waals surface area (Å²) in [6, 6.07) is 0.911. The van der Waals surface area contributed by atoms with Gasteiger partial charge >= 0.3 is 5.69 Å². The van der Waals surface area contributed by atoms with Gasteiger partial charge in [0.15, 0.2) is 23.1 Å². The number of piperazine rings is 1. The van der Waals surface area contributed by atoms with Gasteiger partial charge in [0.25, 0.3) is 0 Å². The van der Waals surface area contributed by atoms with Crippen molar-refractivity contribution < 1.29 is 13.2 Å². The lowest BCUT2D eigenvalue weighted by molar-refractivity contribution is 0.482. The number of anilines is 2. The molecular weight excluding hydrogens is 566 g/mol. The molecular formula is C27H28Cl2F3N7O. The van der Waals surface area contributed by atoms with Gasteiger partial charge in [-0.25, -0.2) is 27.5 Å². The van der Waals surface area contributed by atoms with Crippen molar-refractivity contribution in [3.63, 3.8) is 0 Å². The van der Waals surface area contributed by atoms with Crippen LogP contribution in [0.4, 0.5) is 24.7 Å². The molecule has 1 saturated heterocycles. The molecule has 0 bridgehead atoms. The molecule has 0 spiro atoms. The van der Waals surface area contributed by atoms with E-state index in [0.717, 1.165) is 11.6 Å². The van der Waals surface area contributed by atoms with Crippen molar-refractivity contribution in [3.8, 4) is 11.3 Å². The summed E-state index contributed by atoms with van der Waals surface area (Å²) in [6.07, 6.45) is 3.59. The number of aromatic nitrogens is 3. The number of nitrogens with one attached hydrogen (secondary N) is 2. The predicted molar refractivity (Wildman–Crippen MR) is 153 cm³/mol. The molecule has 0 radical (unpaired) electrons. The Hall–Kier alpha value is -3.28. The standard InChI is InChI=1S/C27H28Cl2F3N7O/c1-11(2)22-24(12(3)5-6-35-22)39-26-14(25(37-27(39)40)38-8-7-34-13(4)10-38)9-15(30)23(36-26)16-19(31)17(28)20(32)18(29)21(16)33/h5-6,9,11,13,22,34-35H,7-8,10,33H2,1-4H3/t13-,22?/m1/s1. The van der Waals surface area contributed by atoms with Crippen LogP contribution in [0.3, 0.4) is 0 Å². The highest BCUT2D eigenvalue weighted by atomic mass is 35.5. The lowest BCUT2D eigenvalue weighted by Crippen LogP contribution is -2.50. The van der Waals surface area contributed by atoms with Gasteiger partial charge in [0.2, 0.25) is 0 Å². The summed E-state index contributed by atoms with van der Waals surface area (Å²) >= 11 is 11.8. The highest BCUT2D eigenvalue weighted by Gasteiger charge is 2.31. The number of halogens is 5. The van der Waals surface area contributed by atoms with Gasteiger partial charge < -0.3 is 21.3 Å². The maximum absolute atomic E-state index is 15.9. The molecule has 2 aliphatic heterocycles. The summed E-state index contributed by atoms with van der Waals surface area (Å²) < 4.78 is 46.8. The number of pyridine rings is 1. The molecule has 1 aromatic carbocycles. The van der Waals surface area contributed by atoms with Crippen LogP contribution >= 0.6 is 23.2 Å². The van der Waals surface area contributed by atoms with Crippen molar-refractivity contribution >= 4 is 51.4 Å². The van der Waals surface area contributed by atoms with Crippen LogP contribution in [-0.2, 0) is 0 Å². The third-order valence-corrected chi connectivity index (χ3v) is 7.93. The Kier molecular flexibility index (Phi) is 7.49. The lowest BCUT2D eigenvalue weighted by atomic mass is 9.95. The van der Waals surface area contributed by atoms with Crippen LogP contribution in [0.2, 0.25) is 10.0 Å². The van der Waals surface area contributed by atoms with Crippen molar-refractivity contribution in [1.29, 1.82) is 0 Å². The van der Waals surface area contributed by atoms with Crippen molar-refractivity contribution in [2.24, 2.45) is 5.92 Å². The second-order valence-electron chi connectivity index (χ2n) is 10.4. The van der Waals surface area contributed by atoms with Crippen molar-refractivity contribution in [3.05, 3.63) is 61.9 Å². The van der Waals surface area contributed by atoms with Gasteiger partial charge in [-0.3, -0.25) is 0 Å². The van der Waals surface area contributed by atoms with Gasteiger partial charge in [-0.05, 0) is 43.7 Å². The van der Waals surface area contributed by atoms with Crippen LogP contribution in [0.25, 0.3) is 28.0 Å². The fourth-order valence-corrected chi connectivity index (χ4v) is 5.68. The van der Waals surface area contributed by atoms with E-state index >= 15 is 8.78 Å². The van der Waals surface area contributed by atoms with Crippen LogP contribution in [-0.4, -0.2) is 46.3 Å². The van der Waals surface area contributed by atoms with E-state index in [0.29, 0.717) is 25.3 Å². The van der Waals surface area contributed by atoms with E-state index in [-0.39, 0.29) is 34.9 Å². The third-order valence-electron chi connectivity index (χ3n) is 7.23. The number of dihydropyridines is 1. The minimum absolute atomic E-state index is 0.0325. The largest absolute Gasteiger partial charge is 0.397 e. The van der Waals surface area contributed by atoms with Gasteiger partial charge in [0.05, 0.1) is 28.4 Å². The maximum atomic E-state index is 15.9. The first-order valence-electron chi connectivity index (χ1n) is 12.8. The molecule has 13 heteroatoms. The highest BCUT2D eigenvalue weighted by molar-refractivity contribution is 6.37. The van der Waals surface area contributed by atoms with Crippen LogP contribution in [0.1, 0.15) is 27.7 Å². The van der Waals surface area contributed by atoms with Crippen molar-refractivity contribution in [2.45, 2.75) is 39.8 Å². The van der Waals surface area contributed by atoms with Crippen LogP contribution < -0.4 is 27.0 Å². The first-order chi connectivity index (χ1) is 18.9. The zero-order valence-electron chi connectivity index (χ0n) is 22.2. The Morgan fingerprint density at radius 3 is 2.55 bits per heavy atom. The molecule has 2 aromatic heterocycles. The molecule has 2 atom stereocenters. The quantitative estimate of drug-likeness (QED) is 0.224. The molecule has 212 valence electrons. The van der Waals surface area contributed by atoms with Crippen LogP contribution in [0.15, 0.2) is 28.7 Å². The predicted octanol–water partition coefficient (Wildman–Crippen LogP) is 4.94. The normalized spacial score (nSPS) is 19.6. The lowest BCUT2D eigenvalue weighted by Gasteiger charge is -2.34. The summed E-state index contributed by atoms with van der Waals surface area (Å²) in [5, 5.41) is 5.22. The molecule has 4 N–H and O–H groups in total. The fraction of sp³-hybridized carbons (Fsp3) is 0.370. The number of fused-ring (bicyclic) bond motifs is 1. The van der Waals surface area contributed by atoms with E-state index in [1.165, 1.54) is 4.57 Å². The Morgan fingerprint density at radius 2 is 1.88 bits per heavy atom. The average molecular weight is 594 g/mol. The van der Waals surface area contributed by atoms with E-state index in [1.54, 1.807) is 12.3 Å². The molecule has 0 aliphatic carbocycles. The minimum Gasteiger partial charge on any atom is -0.397 e. The van der Waals surface area contributed by atoms with E-state index < -0.39 is 50.1 Å². The molecule has 0 amide bonds. The zero-order valence-corrected chi connectivity index (χ0v) is 23.8. The summed E-state index contributed by atoms with van der Waals surface area (Å²) in [5.41, 5.74) is 4.94. The molecule has 0 saturated carbocycles. The van der Waals surface area contributed by atoms with Crippen LogP contribution in [0.5, 0.6) is 0 Å². The van der Waals surface area contributed by atoms with Gasteiger partial charge in [-0.2, -0.15) is 4.98 Å². The number of nitrogens with zero attached hydrogens (tertiary/aromatic N) is 4. The second-order valence-corrected chi connectivity index (χ2v) is 11.1. The van der Waals surface area contributed by atoms with Gasteiger partial charge in [-0.15, -0.1) is 0 Å². The molecule has 5 rings (SSSR count). The molecule has 1 unspecified atom stereocenters. The fourth-order valence-electron chi connectivity index (χ4n) is 5.25. The number of benzene rings is 1. The highest BCUT2D eigenvalue weighted by Crippen LogP contribution is 2.42. The molecule has 40 heavy (non-hydrogen) atoms. The van der Waals surface area contributed by atoms with Crippen molar-refractivity contribution in [2.75, 3.05) is 30.3 Å². The number of hydrogen-bond donors (Lipinski definition) is 3. The molecule has 2 aliphatic rings. The first kappa shape index (κ1) is 28.3. The Morgan fingerprint density at radius 1 is 1.15 bits per heavy atom. The van der Waals surface area contributed by atoms with Gasteiger partial charge in [0, 0.05) is 25.7 Å². The Bertz CT molecular complexity index is 1620. The Labute approximate surface area is 238 Å². The molecule has 8 nitrogen and oxygen atoms in total. The molecule has 3 aromatic rings. The number of rotatable bonds is 4. The Balaban J connectivity index is 1.90. The van der Waals surface area contributed by atoms with Crippen molar-refractivity contribution in [1.82, 2.24) is 25.2 Å². The minimum atomic E-state index is -1.32. The van der Waals surface area contributed by atoms with Gasteiger partial charge in [-0.1, -0.05) is 37.0 Å². The number of hydrogen-bond acceptors (Lipinski definition) is 7. The van der Waals surface area contributed by atoms with E-state index in [9.17, 15) is 9.18 Å².